The van der Waals surface area contributed by atoms with Gasteiger partial charge in [0.1, 0.15) is 0 Å². The Labute approximate surface area is 159 Å². The summed E-state index contributed by atoms with van der Waals surface area (Å²) >= 11 is 1.71. The van der Waals surface area contributed by atoms with Gasteiger partial charge < -0.3 is 20.9 Å². The fourth-order valence-corrected chi connectivity index (χ4v) is 2.24. The first-order chi connectivity index (χ1) is 12.5. The van der Waals surface area contributed by atoms with Crippen molar-refractivity contribution in [2.45, 2.75) is 39.5 Å². The van der Waals surface area contributed by atoms with Crippen LogP contribution in [0.15, 0.2) is 35.2 Å². The quantitative estimate of drug-likeness (QED) is 0.345. The molecule has 1 saturated heterocycles. The van der Waals surface area contributed by atoms with E-state index < -0.39 is 5.97 Å². The van der Waals surface area contributed by atoms with Crippen molar-refractivity contribution in [3.8, 4) is 0 Å². The van der Waals surface area contributed by atoms with Gasteiger partial charge in [-0.1, -0.05) is 19.1 Å². The second-order valence-electron chi connectivity index (χ2n) is 5.13. The van der Waals surface area contributed by atoms with Crippen LogP contribution in [0.4, 0.5) is 0 Å². The molecule has 0 unspecified atom stereocenters. The molecule has 1 aliphatic heterocycles. The van der Waals surface area contributed by atoms with Gasteiger partial charge in [0.05, 0.1) is 0 Å². The van der Waals surface area contributed by atoms with Crippen molar-refractivity contribution in [3.05, 3.63) is 40.1 Å². The van der Waals surface area contributed by atoms with Crippen molar-refractivity contribution in [1.29, 1.82) is 5.41 Å². The summed E-state index contributed by atoms with van der Waals surface area (Å²) in [4.78, 5) is 19.2. The second-order valence-corrected chi connectivity index (χ2v) is 6.11. The van der Waals surface area contributed by atoms with E-state index >= 15 is 0 Å². The Morgan fingerprint density at radius 3 is 2.31 bits per heavy atom. The number of carbonyl (C=O) groups is 2. The van der Waals surface area contributed by atoms with E-state index in [1.54, 1.807) is 17.4 Å². The Balaban J connectivity index is 0. The van der Waals surface area contributed by atoms with Gasteiger partial charge in [-0.15, -0.1) is 11.3 Å². The third kappa shape index (κ3) is 21.8. The summed E-state index contributed by atoms with van der Waals surface area (Å²) in [6.45, 7) is 6.07. The molecule has 1 aliphatic rings. The summed E-state index contributed by atoms with van der Waals surface area (Å²) in [5.74, 6) is -0.711. The molecule has 0 saturated carbocycles. The lowest BCUT2D eigenvalue weighted by Gasteiger charge is -1.86. The number of allylic oxidation sites excluding steroid dienone is 3. The zero-order valence-corrected chi connectivity index (χ0v) is 16.3. The summed E-state index contributed by atoms with van der Waals surface area (Å²) in [6.07, 6.45) is 10.9. The van der Waals surface area contributed by atoms with Gasteiger partial charge in [0.15, 0.2) is 0 Å². The van der Waals surface area contributed by atoms with Gasteiger partial charge in [-0.25, -0.2) is 0 Å². The predicted octanol–water partition coefficient (Wildman–Crippen LogP) is 4.30. The Bertz CT molecular complexity index is 514. The van der Waals surface area contributed by atoms with Gasteiger partial charge in [-0.05, 0) is 68.4 Å². The zero-order valence-electron chi connectivity index (χ0n) is 15.5. The Hall–Kier alpha value is -2.25. The van der Waals surface area contributed by atoms with E-state index in [1.807, 2.05) is 26.0 Å². The summed E-state index contributed by atoms with van der Waals surface area (Å²) in [5.41, 5.74) is 1.10. The van der Waals surface area contributed by atoms with Gasteiger partial charge >= 0.3 is 5.97 Å². The van der Waals surface area contributed by atoms with E-state index in [2.05, 4.69) is 22.8 Å². The monoisotopic (exact) mass is 382 g/mol. The van der Waals surface area contributed by atoms with E-state index in [-0.39, 0.29) is 6.47 Å². The SMILES string of the molecule is C1CCNC1.CC(/C=C/c1cccs1)=C\C=N.CCCC(=O)O.O=CO. The van der Waals surface area contributed by atoms with Gasteiger partial charge in [-0.2, -0.15) is 0 Å². The van der Waals surface area contributed by atoms with Crippen LogP contribution < -0.4 is 5.32 Å². The van der Waals surface area contributed by atoms with E-state index in [9.17, 15) is 4.79 Å². The van der Waals surface area contributed by atoms with Crippen molar-refractivity contribution in [1.82, 2.24) is 5.32 Å². The van der Waals surface area contributed by atoms with Crippen LogP contribution in [0.2, 0.25) is 0 Å². The minimum Gasteiger partial charge on any atom is -0.483 e. The average Bonchev–Trinajstić information content (AvgIpc) is 3.31. The number of hydrogen-bond acceptors (Lipinski definition) is 5. The Morgan fingerprint density at radius 1 is 1.38 bits per heavy atom. The lowest BCUT2D eigenvalue weighted by atomic mass is 10.2. The molecule has 0 spiro atoms. The van der Waals surface area contributed by atoms with Crippen LogP contribution in [0, 0.1) is 5.41 Å². The fraction of sp³-hybridized carbons (Fsp3) is 0.421. The van der Waals surface area contributed by atoms with E-state index in [0.29, 0.717) is 6.42 Å². The highest BCUT2D eigenvalue weighted by Crippen LogP contribution is 2.11. The molecule has 146 valence electrons. The number of carboxylic acid groups (broad SMARTS) is 2. The topological polar surface area (TPSA) is 110 Å². The van der Waals surface area contributed by atoms with E-state index in [1.165, 1.54) is 37.0 Å². The smallest absolute Gasteiger partial charge is 0.303 e. The van der Waals surface area contributed by atoms with Crippen molar-refractivity contribution in [3.63, 3.8) is 0 Å². The molecule has 7 heteroatoms. The maximum atomic E-state index is 9.60. The number of carboxylic acids is 1. The molecule has 0 aromatic carbocycles. The lowest BCUT2D eigenvalue weighted by molar-refractivity contribution is -0.137. The predicted molar refractivity (Wildman–Crippen MR) is 109 cm³/mol. The largest absolute Gasteiger partial charge is 0.483 e. The maximum Gasteiger partial charge on any atom is 0.303 e. The third-order valence-electron chi connectivity index (χ3n) is 2.82. The van der Waals surface area contributed by atoms with Gasteiger partial charge in [-0.3, -0.25) is 9.59 Å². The Morgan fingerprint density at radius 2 is 2.00 bits per heavy atom. The molecular weight excluding hydrogens is 352 g/mol. The van der Waals surface area contributed by atoms with Crippen LogP contribution in [0.1, 0.15) is 44.4 Å². The average molecular weight is 383 g/mol. The van der Waals surface area contributed by atoms with Crippen LogP contribution in [0.3, 0.4) is 0 Å². The number of aliphatic carboxylic acids is 1. The van der Waals surface area contributed by atoms with Gasteiger partial charge in [0.2, 0.25) is 0 Å². The number of hydrogen-bond donors (Lipinski definition) is 4. The van der Waals surface area contributed by atoms with Crippen molar-refractivity contribution in [2.75, 3.05) is 13.1 Å². The van der Waals surface area contributed by atoms with Crippen molar-refractivity contribution >= 4 is 36.1 Å². The molecule has 0 aliphatic carbocycles. The minimum absolute atomic E-state index is 0.250. The first-order valence-electron chi connectivity index (χ1n) is 8.41. The molecule has 26 heavy (non-hydrogen) atoms. The summed E-state index contributed by atoms with van der Waals surface area (Å²) in [7, 11) is 0. The molecule has 1 aromatic heterocycles. The first kappa shape index (κ1) is 26.0. The first-order valence-corrected chi connectivity index (χ1v) is 9.29. The standard InChI is InChI=1S/C10H11NS.C4H9N.C4H8O2.CH2O2/c1-9(6-7-11)4-5-10-3-2-8-12-10;1-2-4-5-3-1;1-2-3-4(5)6;2-1-3/h2-8,11H,1H3;5H,1-4H2;2-3H2,1H3,(H,5,6);1H,(H,2,3)/b5-4+,9-6+,11-7?;;;. The molecule has 4 N–H and O–H groups in total. The van der Waals surface area contributed by atoms with Crippen LogP contribution in [-0.4, -0.2) is 42.0 Å². The molecule has 0 atom stereocenters. The van der Waals surface area contributed by atoms with Crippen LogP contribution in [0.5, 0.6) is 0 Å². The third-order valence-corrected chi connectivity index (χ3v) is 3.66. The minimum atomic E-state index is -0.711. The van der Waals surface area contributed by atoms with Gasteiger partial charge in [0.25, 0.3) is 6.47 Å². The number of thiophene rings is 1. The molecule has 0 radical (unpaired) electrons. The van der Waals surface area contributed by atoms with E-state index in [4.69, 9.17) is 20.4 Å². The van der Waals surface area contributed by atoms with E-state index in [0.717, 1.165) is 12.0 Å². The second kappa shape index (κ2) is 20.8. The van der Waals surface area contributed by atoms with Crippen molar-refractivity contribution < 1.29 is 19.8 Å². The molecule has 2 rings (SSSR count). The normalized spacial score (nSPS) is 12.6. The Kier molecular flexibility index (Phi) is 20.8. The molecule has 0 amide bonds. The van der Waals surface area contributed by atoms with Crippen LogP contribution >= 0.6 is 11.3 Å². The fourth-order valence-electron chi connectivity index (χ4n) is 1.63. The molecule has 0 bridgehead atoms. The van der Waals surface area contributed by atoms with Crippen LogP contribution in [0.25, 0.3) is 6.08 Å². The van der Waals surface area contributed by atoms with Crippen LogP contribution in [-0.2, 0) is 9.59 Å². The molecule has 2 heterocycles. The summed E-state index contributed by atoms with van der Waals surface area (Å²) < 4.78 is 0. The van der Waals surface area contributed by atoms with Crippen molar-refractivity contribution in [2.24, 2.45) is 0 Å². The summed E-state index contributed by atoms with van der Waals surface area (Å²) in [6, 6.07) is 4.10. The van der Waals surface area contributed by atoms with Gasteiger partial charge in [0, 0.05) is 17.5 Å². The number of nitrogens with one attached hydrogen (secondary N) is 2. The number of rotatable bonds is 5. The highest BCUT2D eigenvalue weighted by Gasteiger charge is 1.93. The molecular formula is C19H30N2O4S. The zero-order chi connectivity index (χ0) is 20.0. The molecule has 6 nitrogen and oxygen atoms in total. The molecule has 1 aromatic rings. The highest BCUT2D eigenvalue weighted by atomic mass is 32.1. The summed E-state index contributed by atoms with van der Waals surface area (Å²) in [5, 5.41) is 26.9. The lowest BCUT2D eigenvalue weighted by Crippen LogP contribution is -2.03. The molecule has 1 fully saturated rings. The maximum absolute atomic E-state index is 9.60. The highest BCUT2D eigenvalue weighted by molar-refractivity contribution is 7.10.